The fraction of sp³-hybridized carbons (Fsp3) is 0.750. The molecule has 0 aromatic heterocycles. The van der Waals surface area contributed by atoms with E-state index >= 15 is 0 Å². The van der Waals surface area contributed by atoms with Gasteiger partial charge in [0.25, 0.3) is 0 Å². The first-order valence-corrected chi connectivity index (χ1v) is 4.26. The Morgan fingerprint density at radius 3 is 2.62 bits per heavy atom. The van der Waals surface area contributed by atoms with Crippen molar-refractivity contribution in [1.82, 2.24) is 5.32 Å². The molecule has 0 spiro atoms. The number of nitrogens with one attached hydrogen (secondary N) is 1. The number of carboxylic acids is 2. The SMILES string of the molecule is O=C(O)C[C@@H]1CCNC[C@H]1C(=O)O. The van der Waals surface area contributed by atoms with E-state index in [1.807, 2.05) is 0 Å². The molecule has 0 radical (unpaired) electrons. The summed E-state index contributed by atoms with van der Waals surface area (Å²) in [5, 5.41) is 20.3. The maximum absolute atomic E-state index is 10.7. The number of piperidine rings is 1. The van der Waals surface area contributed by atoms with Crippen LogP contribution >= 0.6 is 0 Å². The molecule has 1 aliphatic heterocycles. The minimum atomic E-state index is -0.918. The van der Waals surface area contributed by atoms with E-state index in [9.17, 15) is 9.59 Å². The minimum absolute atomic E-state index is 0.0430. The summed E-state index contributed by atoms with van der Waals surface area (Å²) in [6, 6.07) is 0. The summed E-state index contributed by atoms with van der Waals surface area (Å²) in [6.07, 6.45) is 0.585. The number of hydrogen-bond donors (Lipinski definition) is 3. The molecule has 0 saturated carbocycles. The lowest BCUT2D eigenvalue weighted by Gasteiger charge is -2.27. The van der Waals surface area contributed by atoms with E-state index in [4.69, 9.17) is 10.2 Å². The van der Waals surface area contributed by atoms with Gasteiger partial charge in [0.1, 0.15) is 0 Å². The van der Waals surface area contributed by atoms with Gasteiger partial charge in [0.05, 0.1) is 5.92 Å². The second kappa shape index (κ2) is 4.23. The number of rotatable bonds is 3. The lowest BCUT2D eigenvalue weighted by atomic mass is 9.84. The highest BCUT2D eigenvalue weighted by Crippen LogP contribution is 2.22. The Morgan fingerprint density at radius 1 is 1.38 bits per heavy atom. The zero-order valence-electron chi connectivity index (χ0n) is 7.19. The summed E-state index contributed by atoms with van der Waals surface area (Å²) in [5.74, 6) is -2.60. The lowest BCUT2D eigenvalue weighted by Crippen LogP contribution is -2.41. The Kier molecular flexibility index (Phi) is 3.25. The molecule has 0 amide bonds. The summed E-state index contributed by atoms with van der Waals surface area (Å²) in [5.41, 5.74) is 0. The topological polar surface area (TPSA) is 86.6 Å². The van der Waals surface area contributed by atoms with Crippen LogP contribution in [0.4, 0.5) is 0 Å². The maximum Gasteiger partial charge on any atom is 0.308 e. The first-order valence-electron chi connectivity index (χ1n) is 4.26. The molecule has 1 aliphatic rings. The molecule has 3 N–H and O–H groups in total. The molecule has 1 rings (SSSR count). The minimum Gasteiger partial charge on any atom is -0.481 e. The quantitative estimate of drug-likeness (QED) is 0.568. The number of carbonyl (C=O) groups is 2. The number of aliphatic carboxylic acids is 2. The molecule has 5 nitrogen and oxygen atoms in total. The van der Waals surface area contributed by atoms with Gasteiger partial charge in [-0.3, -0.25) is 9.59 Å². The molecular formula is C8H13NO4. The van der Waals surface area contributed by atoms with Crippen LogP contribution in [0.2, 0.25) is 0 Å². The van der Waals surface area contributed by atoms with Crippen LogP contribution in [0.15, 0.2) is 0 Å². The van der Waals surface area contributed by atoms with E-state index in [1.165, 1.54) is 0 Å². The van der Waals surface area contributed by atoms with Crippen molar-refractivity contribution in [2.24, 2.45) is 11.8 Å². The highest BCUT2D eigenvalue weighted by atomic mass is 16.4. The Morgan fingerprint density at radius 2 is 2.08 bits per heavy atom. The molecule has 0 aliphatic carbocycles. The van der Waals surface area contributed by atoms with Crippen molar-refractivity contribution in [2.45, 2.75) is 12.8 Å². The van der Waals surface area contributed by atoms with Gasteiger partial charge in [0.2, 0.25) is 0 Å². The van der Waals surface area contributed by atoms with Gasteiger partial charge < -0.3 is 15.5 Å². The Bertz CT molecular complexity index is 216. The standard InChI is InChI=1S/C8H13NO4/c10-7(11)3-5-1-2-9-4-6(5)8(12)13/h5-6,9H,1-4H2,(H,10,11)(H,12,13)/t5-,6+/m0/s1. The Balaban J connectivity index is 2.56. The monoisotopic (exact) mass is 187 g/mol. The van der Waals surface area contributed by atoms with Crippen LogP contribution in [-0.2, 0) is 9.59 Å². The summed E-state index contributed by atoms with van der Waals surface area (Å²) in [6.45, 7) is 1.09. The van der Waals surface area contributed by atoms with E-state index in [1.54, 1.807) is 0 Å². The predicted octanol–water partition coefficient (Wildman–Crippen LogP) is -0.229. The second-order valence-corrected chi connectivity index (χ2v) is 3.30. The summed E-state index contributed by atoms with van der Waals surface area (Å²) in [7, 11) is 0. The molecular weight excluding hydrogens is 174 g/mol. The van der Waals surface area contributed by atoms with Crippen LogP contribution in [0.1, 0.15) is 12.8 Å². The van der Waals surface area contributed by atoms with Crippen molar-refractivity contribution in [3.63, 3.8) is 0 Å². The zero-order chi connectivity index (χ0) is 9.84. The molecule has 0 bridgehead atoms. The number of carboxylic acid groups (broad SMARTS) is 2. The van der Waals surface area contributed by atoms with Crippen molar-refractivity contribution < 1.29 is 19.8 Å². The average Bonchev–Trinajstić information content (AvgIpc) is 2.03. The molecule has 0 unspecified atom stereocenters. The zero-order valence-corrected chi connectivity index (χ0v) is 7.19. The molecule has 2 atom stereocenters. The molecule has 1 fully saturated rings. The Labute approximate surface area is 75.7 Å². The Hall–Kier alpha value is -1.10. The molecule has 5 heteroatoms. The molecule has 1 heterocycles. The molecule has 1 saturated heterocycles. The van der Waals surface area contributed by atoms with E-state index in [-0.39, 0.29) is 12.3 Å². The molecule has 74 valence electrons. The van der Waals surface area contributed by atoms with Crippen LogP contribution in [0.25, 0.3) is 0 Å². The normalized spacial score (nSPS) is 28.3. The van der Waals surface area contributed by atoms with Crippen LogP contribution in [0.5, 0.6) is 0 Å². The van der Waals surface area contributed by atoms with Gasteiger partial charge in [0, 0.05) is 13.0 Å². The molecule has 13 heavy (non-hydrogen) atoms. The average molecular weight is 187 g/mol. The second-order valence-electron chi connectivity index (χ2n) is 3.30. The third-order valence-corrected chi connectivity index (χ3v) is 2.38. The summed E-state index contributed by atoms with van der Waals surface area (Å²) >= 11 is 0. The first kappa shape index (κ1) is 9.98. The van der Waals surface area contributed by atoms with Gasteiger partial charge in [-0.15, -0.1) is 0 Å². The number of hydrogen-bond acceptors (Lipinski definition) is 3. The van der Waals surface area contributed by atoms with E-state index in [2.05, 4.69) is 5.32 Å². The lowest BCUT2D eigenvalue weighted by molar-refractivity contribution is -0.146. The van der Waals surface area contributed by atoms with Crippen molar-refractivity contribution in [3.8, 4) is 0 Å². The van der Waals surface area contributed by atoms with Crippen LogP contribution in [-0.4, -0.2) is 35.2 Å². The van der Waals surface area contributed by atoms with Gasteiger partial charge in [-0.2, -0.15) is 0 Å². The van der Waals surface area contributed by atoms with Gasteiger partial charge in [-0.1, -0.05) is 0 Å². The van der Waals surface area contributed by atoms with Crippen LogP contribution in [0.3, 0.4) is 0 Å². The maximum atomic E-state index is 10.7. The largest absolute Gasteiger partial charge is 0.481 e. The highest BCUT2D eigenvalue weighted by Gasteiger charge is 2.31. The van der Waals surface area contributed by atoms with E-state index in [0.29, 0.717) is 19.5 Å². The van der Waals surface area contributed by atoms with Crippen LogP contribution < -0.4 is 5.32 Å². The van der Waals surface area contributed by atoms with Crippen molar-refractivity contribution in [1.29, 1.82) is 0 Å². The summed E-state index contributed by atoms with van der Waals surface area (Å²) < 4.78 is 0. The molecule has 0 aromatic carbocycles. The highest BCUT2D eigenvalue weighted by molar-refractivity contribution is 5.73. The fourth-order valence-electron chi connectivity index (χ4n) is 1.67. The van der Waals surface area contributed by atoms with Gasteiger partial charge >= 0.3 is 11.9 Å². The smallest absolute Gasteiger partial charge is 0.308 e. The molecule has 0 aromatic rings. The van der Waals surface area contributed by atoms with Gasteiger partial charge in [0.15, 0.2) is 0 Å². The van der Waals surface area contributed by atoms with E-state index < -0.39 is 17.9 Å². The van der Waals surface area contributed by atoms with Gasteiger partial charge in [-0.25, -0.2) is 0 Å². The van der Waals surface area contributed by atoms with E-state index in [0.717, 1.165) is 0 Å². The van der Waals surface area contributed by atoms with Gasteiger partial charge in [-0.05, 0) is 18.9 Å². The predicted molar refractivity (Wildman–Crippen MR) is 44.4 cm³/mol. The van der Waals surface area contributed by atoms with Crippen LogP contribution in [0, 0.1) is 11.8 Å². The fourth-order valence-corrected chi connectivity index (χ4v) is 1.67. The third kappa shape index (κ3) is 2.69. The summed E-state index contributed by atoms with van der Waals surface area (Å²) in [4.78, 5) is 21.1. The third-order valence-electron chi connectivity index (χ3n) is 2.38. The van der Waals surface area contributed by atoms with Crippen molar-refractivity contribution in [2.75, 3.05) is 13.1 Å². The van der Waals surface area contributed by atoms with Crippen molar-refractivity contribution in [3.05, 3.63) is 0 Å². The first-order chi connectivity index (χ1) is 6.11. The van der Waals surface area contributed by atoms with Crippen molar-refractivity contribution >= 4 is 11.9 Å².